The Balaban J connectivity index is 2.08. The van der Waals surface area contributed by atoms with Gasteiger partial charge in [-0.15, -0.1) is 0 Å². The lowest BCUT2D eigenvalue weighted by Gasteiger charge is -2.00. The smallest absolute Gasteiger partial charge is 0.240 e. The number of aromatic nitrogens is 2. The zero-order valence-corrected chi connectivity index (χ0v) is 7.06. The van der Waals surface area contributed by atoms with Crippen LogP contribution in [0.5, 0.6) is 0 Å². The van der Waals surface area contributed by atoms with Gasteiger partial charge >= 0.3 is 0 Å². The first-order valence-corrected chi connectivity index (χ1v) is 4.21. The highest BCUT2D eigenvalue weighted by Crippen LogP contribution is 2.25. The molecule has 0 radical (unpaired) electrons. The van der Waals surface area contributed by atoms with Crippen molar-refractivity contribution in [1.29, 1.82) is 5.26 Å². The summed E-state index contributed by atoms with van der Waals surface area (Å²) in [6, 6.07) is 1.95. The number of ether oxygens (including phenoxy) is 1. The Bertz CT molecular complexity index is 322. The lowest BCUT2D eigenvalue weighted by atomic mass is 10.2. The molecule has 1 aliphatic heterocycles. The molecule has 1 fully saturated rings. The first-order valence-electron chi connectivity index (χ1n) is 4.21. The average Bonchev–Trinajstić information content (AvgIpc) is 2.70. The summed E-state index contributed by atoms with van der Waals surface area (Å²) in [4.78, 5) is 4.06. The zero-order chi connectivity index (χ0) is 9.10. The van der Waals surface area contributed by atoms with E-state index in [1.54, 1.807) is 0 Å². The van der Waals surface area contributed by atoms with Crippen LogP contribution in [-0.4, -0.2) is 16.7 Å². The topological polar surface area (TPSA) is 71.9 Å². The van der Waals surface area contributed by atoms with Gasteiger partial charge in [-0.3, -0.25) is 0 Å². The molecule has 1 aliphatic rings. The molecule has 0 amide bonds. The number of hydrogen-bond acceptors (Lipinski definition) is 5. The highest BCUT2D eigenvalue weighted by Gasteiger charge is 2.22. The Kier molecular flexibility index (Phi) is 2.23. The molecule has 5 heteroatoms. The predicted molar refractivity (Wildman–Crippen MR) is 41.5 cm³/mol. The van der Waals surface area contributed by atoms with Crippen LogP contribution in [0.2, 0.25) is 0 Å². The molecule has 0 saturated carbocycles. The highest BCUT2D eigenvalue weighted by atomic mass is 16.5. The van der Waals surface area contributed by atoms with Crippen LogP contribution in [0.1, 0.15) is 30.7 Å². The van der Waals surface area contributed by atoms with Gasteiger partial charge < -0.3 is 9.26 Å². The number of nitrogens with zero attached hydrogens (tertiary/aromatic N) is 3. The average molecular weight is 179 g/mol. The summed E-state index contributed by atoms with van der Waals surface area (Å²) in [5.41, 5.74) is 0. The van der Waals surface area contributed by atoms with Crippen LogP contribution in [-0.2, 0) is 11.2 Å². The van der Waals surface area contributed by atoms with Crippen molar-refractivity contribution in [2.45, 2.75) is 25.4 Å². The fourth-order valence-corrected chi connectivity index (χ4v) is 1.32. The van der Waals surface area contributed by atoms with E-state index >= 15 is 0 Å². The molecule has 13 heavy (non-hydrogen) atoms. The first kappa shape index (κ1) is 8.20. The minimum Gasteiger partial charge on any atom is -0.370 e. The van der Waals surface area contributed by atoms with Crippen molar-refractivity contribution in [2.24, 2.45) is 0 Å². The molecule has 0 aromatic carbocycles. The molecular weight excluding hydrogens is 170 g/mol. The van der Waals surface area contributed by atoms with E-state index in [0.717, 1.165) is 19.4 Å². The van der Waals surface area contributed by atoms with Crippen LogP contribution in [0, 0.1) is 11.3 Å². The standard InChI is InChI=1S/C8H9N3O2/c9-4-3-7-10-8(11-13-7)6-2-1-5-12-6/h6H,1-3,5H2. The van der Waals surface area contributed by atoms with Gasteiger partial charge in [0, 0.05) is 6.61 Å². The van der Waals surface area contributed by atoms with E-state index in [4.69, 9.17) is 14.5 Å². The zero-order valence-electron chi connectivity index (χ0n) is 7.06. The summed E-state index contributed by atoms with van der Waals surface area (Å²) in [5.74, 6) is 0.941. The highest BCUT2D eigenvalue weighted by molar-refractivity contribution is 4.96. The van der Waals surface area contributed by atoms with Gasteiger partial charge in [0.2, 0.25) is 11.7 Å². The van der Waals surface area contributed by atoms with Crippen molar-refractivity contribution in [3.63, 3.8) is 0 Å². The molecule has 2 rings (SSSR count). The van der Waals surface area contributed by atoms with E-state index in [1.807, 2.05) is 6.07 Å². The van der Waals surface area contributed by atoms with Gasteiger partial charge in [0.15, 0.2) is 0 Å². The van der Waals surface area contributed by atoms with E-state index in [0.29, 0.717) is 11.7 Å². The van der Waals surface area contributed by atoms with Crippen LogP contribution in [0.4, 0.5) is 0 Å². The second kappa shape index (κ2) is 3.54. The summed E-state index contributed by atoms with van der Waals surface area (Å²) in [6.07, 6.45) is 2.11. The largest absolute Gasteiger partial charge is 0.370 e. The first-order chi connectivity index (χ1) is 6.40. The summed E-state index contributed by atoms with van der Waals surface area (Å²) in [5, 5.41) is 12.1. The molecule has 0 bridgehead atoms. The Morgan fingerprint density at radius 2 is 2.54 bits per heavy atom. The maximum absolute atomic E-state index is 8.39. The lowest BCUT2D eigenvalue weighted by Crippen LogP contribution is -1.98. The third-order valence-corrected chi connectivity index (χ3v) is 1.93. The van der Waals surface area contributed by atoms with Gasteiger partial charge in [0.05, 0.1) is 6.07 Å². The summed E-state index contributed by atoms with van der Waals surface area (Å²) in [7, 11) is 0. The molecule has 1 atom stereocenters. The number of nitriles is 1. The molecule has 2 heterocycles. The summed E-state index contributed by atoms with van der Waals surface area (Å²) in [6.45, 7) is 0.757. The molecule has 0 N–H and O–H groups in total. The molecule has 0 aliphatic carbocycles. The number of hydrogen-bond donors (Lipinski definition) is 0. The molecule has 68 valence electrons. The molecule has 1 aromatic heterocycles. The van der Waals surface area contributed by atoms with Crippen molar-refractivity contribution in [3.05, 3.63) is 11.7 Å². The van der Waals surface area contributed by atoms with Crippen molar-refractivity contribution in [1.82, 2.24) is 10.1 Å². The van der Waals surface area contributed by atoms with Gasteiger partial charge in [-0.05, 0) is 12.8 Å². The molecular formula is C8H9N3O2. The second-order valence-corrected chi connectivity index (χ2v) is 2.88. The Labute approximate surface area is 75.3 Å². The Morgan fingerprint density at radius 1 is 1.62 bits per heavy atom. The molecule has 1 saturated heterocycles. The fraction of sp³-hybridized carbons (Fsp3) is 0.625. The fourth-order valence-electron chi connectivity index (χ4n) is 1.32. The monoisotopic (exact) mass is 179 g/mol. The maximum atomic E-state index is 8.39. The van der Waals surface area contributed by atoms with Gasteiger partial charge in [0.1, 0.15) is 12.5 Å². The predicted octanol–water partition coefficient (Wildman–Crippen LogP) is 0.987. The minimum absolute atomic E-state index is 0.0313. The van der Waals surface area contributed by atoms with Crippen LogP contribution < -0.4 is 0 Å². The summed E-state index contributed by atoms with van der Waals surface area (Å²) < 4.78 is 10.2. The molecule has 1 aromatic rings. The van der Waals surface area contributed by atoms with E-state index in [1.165, 1.54) is 0 Å². The SMILES string of the molecule is N#CCc1nc(C2CCCO2)no1. The van der Waals surface area contributed by atoms with Crippen LogP contribution >= 0.6 is 0 Å². The quantitative estimate of drug-likeness (QED) is 0.676. The van der Waals surface area contributed by atoms with Crippen LogP contribution in [0.15, 0.2) is 4.52 Å². The normalized spacial score (nSPS) is 21.6. The molecule has 0 spiro atoms. The van der Waals surface area contributed by atoms with Crippen LogP contribution in [0.25, 0.3) is 0 Å². The Morgan fingerprint density at radius 3 is 3.23 bits per heavy atom. The van der Waals surface area contributed by atoms with Gasteiger partial charge in [-0.2, -0.15) is 10.2 Å². The van der Waals surface area contributed by atoms with E-state index < -0.39 is 0 Å². The minimum atomic E-state index is -0.0313. The van der Waals surface area contributed by atoms with Crippen LogP contribution in [0.3, 0.4) is 0 Å². The molecule has 5 nitrogen and oxygen atoms in total. The lowest BCUT2D eigenvalue weighted by molar-refractivity contribution is 0.103. The van der Waals surface area contributed by atoms with Crippen molar-refractivity contribution in [3.8, 4) is 6.07 Å². The van der Waals surface area contributed by atoms with Gasteiger partial charge in [0.25, 0.3) is 0 Å². The van der Waals surface area contributed by atoms with Gasteiger partial charge in [-0.25, -0.2) is 0 Å². The Hall–Kier alpha value is -1.41. The van der Waals surface area contributed by atoms with Crippen molar-refractivity contribution in [2.75, 3.05) is 6.61 Å². The van der Waals surface area contributed by atoms with E-state index in [9.17, 15) is 0 Å². The maximum Gasteiger partial charge on any atom is 0.240 e. The molecule has 1 unspecified atom stereocenters. The van der Waals surface area contributed by atoms with E-state index in [2.05, 4.69) is 10.1 Å². The summed E-state index contributed by atoms with van der Waals surface area (Å²) >= 11 is 0. The third-order valence-electron chi connectivity index (χ3n) is 1.93. The van der Waals surface area contributed by atoms with Gasteiger partial charge in [-0.1, -0.05) is 5.16 Å². The van der Waals surface area contributed by atoms with E-state index in [-0.39, 0.29) is 12.5 Å². The third kappa shape index (κ3) is 1.68. The second-order valence-electron chi connectivity index (χ2n) is 2.88. The van der Waals surface area contributed by atoms with Crippen molar-refractivity contribution < 1.29 is 9.26 Å². The van der Waals surface area contributed by atoms with Crippen molar-refractivity contribution >= 4 is 0 Å². The number of rotatable bonds is 2.